The Hall–Kier alpha value is -2.53. The Morgan fingerprint density at radius 3 is 2.15 bits per heavy atom. The van der Waals surface area contributed by atoms with Gasteiger partial charge in [-0.2, -0.15) is 4.98 Å². The van der Waals surface area contributed by atoms with Gasteiger partial charge in [-0.15, -0.1) is 0 Å². The molecule has 27 heavy (non-hydrogen) atoms. The van der Waals surface area contributed by atoms with Crippen molar-refractivity contribution in [1.29, 1.82) is 0 Å². The lowest BCUT2D eigenvalue weighted by Crippen LogP contribution is -2.19. The molecule has 3 aromatic rings. The largest absolute Gasteiger partial charge is 0.439 e. The molecule has 0 atom stereocenters. The molecule has 1 N–H and O–H groups in total. The minimum Gasteiger partial charge on any atom is -0.439 e. The predicted molar refractivity (Wildman–Crippen MR) is 113 cm³/mol. The number of aromatic nitrogens is 2. The van der Waals surface area contributed by atoms with Crippen LogP contribution in [-0.4, -0.2) is 9.97 Å². The van der Waals surface area contributed by atoms with Crippen LogP contribution in [0.2, 0.25) is 0 Å². The van der Waals surface area contributed by atoms with E-state index >= 15 is 0 Å². The summed E-state index contributed by atoms with van der Waals surface area (Å²) in [7, 11) is 0. The van der Waals surface area contributed by atoms with Crippen molar-refractivity contribution in [2.75, 3.05) is 4.72 Å². The van der Waals surface area contributed by atoms with Crippen LogP contribution in [0.1, 0.15) is 39.0 Å². The third-order valence-electron chi connectivity index (χ3n) is 3.99. The first kappa shape index (κ1) is 19.2. The molecule has 0 spiro atoms. The zero-order chi connectivity index (χ0) is 19.3. The summed E-state index contributed by atoms with van der Waals surface area (Å²) in [6, 6.07) is 19.9. The number of hydrogen-bond acceptors (Lipinski definition) is 5. The molecule has 2 aromatic carbocycles. The van der Waals surface area contributed by atoms with Crippen molar-refractivity contribution in [2.24, 2.45) is 0 Å². The van der Waals surface area contributed by atoms with Crippen LogP contribution in [0.3, 0.4) is 0 Å². The van der Waals surface area contributed by atoms with E-state index in [9.17, 15) is 0 Å². The average molecular weight is 380 g/mol. The molecule has 0 saturated carbocycles. The van der Waals surface area contributed by atoms with Gasteiger partial charge in [0.15, 0.2) is 0 Å². The van der Waals surface area contributed by atoms with Crippen LogP contribution in [0, 0.1) is 0 Å². The molecule has 1 aromatic heterocycles. The van der Waals surface area contributed by atoms with Crippen molar-refractivity contribution < 1.29 is 4.74 Å². The van der Waals surface area contributed by atoms with Gasteiger partial charge in [-0.05, 0) is 42.6 Å². The van der Waals surface area contributed by atoms with Gasteiger partial charge in [0.1, 0.15) is 5.75 Å². The summed E-state index contributed by atoms with van der Waals surface area (Å²) < 4.78 is 9.39. The summed E-state index contributed by atoms with van der Waals surface area (Å²) in [6.45, 7) is 8.59. The maximum Gasteiger partial charge on any atom is 0.236 e. The van der Waals surface area contributed by atoms with Gasteiger partial charge in [-0.1, -0.05) is 64.1 Å². The third kappa shape index (κ3) is 5.01. The number of nitrogens with one attached hydrogen (secondary N) is 1. The summed E-state index contributed by atoms with van der Waals surface area (Å²) in [5, 5.41) is 0. The molecule has 140 valence electrons. The molecule has 0 fully saturated rings. The second-order valence-corrected chi connectivity index (χ2v) is 8.10. The van der Waals surface area contributed by atoms with E-state index in [4.69, 9.17) is 9.72 Å². The number of anilines is 1. The van der Waals surface area contributed by atoms with Crippen LogP contribution in [0.5, 0.6) is 11.6 Å². The SMILES string of the molecule is CCc1c(Oc2ccccc2)nc(NSc2ccccc2)nc1C(C)(C)C. The Morgan fingerprint density at radius 1 is 0.926 bits per heavy atom. The molecule has 0 amide bonds. The van der Waals surface area contributed by atoms with Crippen molar-refractivity contribution in [3.8, 4) is 11.6 Å². The number of para-hydroxylation sites is 1. The molecule has 0 aliphatic heterocycles. The number of ether oxygens (including phenoxy) is 1. The number of hydrogen-bond donors (Lipinski definition) is 1. The van der Waals surface area contributed by atoms with Crippen molar-refractivity contribution in [1.82, 2.24) is 9.97 Å². The lowest BCUT2D eigenvalue weighted by molar-refractivity contribution is 0.447. The van der Waals surface area contributed by atoms with E-state index in [0.29, 0.717) is 11.8 Å². The van der Waals surface area contributed by atoms with Gasteiger partial charge in [0.05, 0.1) is 5.69 Å². The highest BCUT2D eigenvalue weighted by Gasteiger charge is 2.24. The molecule has 4 nitrogen and oxygen atoms in total. The molecule has 0 aliphatic carbocycles. The van der Waals surface area contributed by atoms with Gasteiger partial charge in [0.2, 0.25) is 11.8 Å². The first-order valence-corrected chi connectivity index (χ1v) is 9.91. The smallest absolute Gasteiger partial charge is 0.236 e. The fourth-order valence-electron chi connectivity index (χ4n) is 2.73. The number of benzene rings is 2. The molecular formula is C22H25N3OS. The number of nitrogens with zero attached hydrogens (tertiary/aromatic N) is 2. The van der Waals surface area contributed by atoms with E-state index in [1.165, 1.54) is 11.9 Å². The van der Waals surface area contributed by atoms with E-state index in [2.05, 4.69) is 37.4 Å². The first-order chi connectivity index (χ1) is 13.0. The average Bonchev–Trinajstić information content (AvgIpc) is 2.67. The van der Waals surface area contributed by atoms with Crippen LogP contribution in [-0.2, 0) is 11.8 Å². The summed E-state index contributed by atoms with van der Waals surface area (Å²) >= 11 is 1.49. The van der Waals surface area contributed by atoms with Gasteiger partial charge in [0.25, 0.3) is 0 Å². The van der Waals surface area contributed by atoms with Crippen LogP contribution < -0.4 is 9.46 Å². The molecule has 0 saturated heterocycles. The lowest BCUT2D eigenvalue weighted by atomic mass is 9.88. The summed E-state index contributed by atoms with van der Waals surface area (Å²) in [4.78, 5) is 10.6. The topological polar surface area (TPSA) is 47.0 Å². The highest BCUT2D eigenvalue weighted by atomic mass is 32.2. The molecule has 5 heteroatoms. The Kier molecular flexibility index (Phi) is 6.01. The molecular weight excluding hydrogens is 354 g/mol. The highest BCUT2D eigenvalue weighted by Crippen LogP contribution is 2.34. The normalized spacial score (nSPS) is 11.3. The summed E-state index contributed by atoms with van der Waals surface area (Å²) in [5.74, 6) is 1.93. The van der Waals surface area contributed by atoms with Gasteiger partial charge >= 0.3 is 0 Å². The lowest BCUT2D eigenvalue weighted by Gasteiger charge is -2.23. The molecule has 0 radical (unpaired) electrons. The minimum atomic E-state index is -0.114. The Bertz CT molecular complexity index is 877. The van der Waals surface area contributed by atoms with E-state index in [-0.39, 0.29) is 5.41 Å². The van der Waals surface area contributed by atoms with Crippen LogP contribution in [0.25, 0.3) is 0 Å². The second kappa shape index (κ2) is 8.44. The summed E-state index contributed by atoms with van der Waals surface area (Å²) in [6.07, 6.45) is 0.806. The Morgan fingerprint density at radius 2 is 1.56 bits per heavy atom. The van der Waals surface area contributed by atoms with E-state index in [1.54, 1.807) is 0 Å². The van der Waals surface area contributed by atoms with Gasteiger partial charge < -0.3 is 4.74 Å². The Labute approximate surface area is 165 Å². The van der Waals surface area contributed by atoms with E-state index in [0.717, 1.165) is 28.3 Å². The maximum atomic E-state index is 6.13. The molecule has 3 rings (SSSR count). The monoisotopic (exact) mass is 379 g/mol. The molecule has 0 aliphatic rings. The number of rotatable bonds is 6. The van der Waals surface area contributed by atoms with Crippen molar-refractivity contribution in [3.63, 3.8) is 0 Å². The van der Waals surface area contributed by atoms with Gasteiger partial charge in [-0.3, -0.25) is 4.72 Å². The quantitative estimate of drug-likeness (QED) is 0.513. The zero-order valence-electron chi connectivity index (χ0n) is 16.2. The summed E-state index contributed by atoms with van der Waals surface area (Å²) in [5.41, 5.74) is 1.93. The minimum absolute atomic E-state index is 0.114. The second-order valence-electron chi connectivity index (χ2n) is 7.22. The maximum absolute atomic E-state index is 6.13. The molecule has 1 heterocycles. The third-order valence-corrected chi connectivity index (χ3v) is 4.79. The van der Waals surface area contributed by atoms with E-state index < -0.39 is 0 Å². The molecule has 0 unspecified atom stereocenters. The van der Waals surface area contributed by atoms with Crippen molar-refractivity contribution >= 4 is 17.9 Å². The zero-order valence-corrected chi connectivity index (χ0v) is 17.0. The Balaban J connectivity index is 1.96. The van der Waals surface area contributed by atoms with Crippen LogP contribution in [0.4, 0.5) is 5.95 Å². The first-order valence-electron chi connectivity index (χ1n) is 9.09. The van der Waals surface area contributed by atoms with Crippen LogP contribution in [0.15, 0.2) is 65.6 Å². The highest BCUT2D eigenvalue weighted by molar-refractivity contribution is 8.00. The van der Waals surface area contributed by atoms with Gasteiger partial charge in [0, 0.05) is 15.9 Å². The molecule has 0 bridgehead atoms. The predicted octanol–water partition coefficient (Wildman–Crippen LogP) is 6.25. The fraction of sp³-hybridized carbons (Fsp3) is 0.273. The standard InChI is InChI=1S/C22H25N3OS/c1-5-18-19(22(2,3)4)23-21(25-27-17-14-10-7-11-15-17)24-20(18)26-16-12-8-6-9-13-16/h6-15H,5H2,1-4H3,(H,23,24,25). The van der Waals surface area contributed by atoms with Gasteiger partial charge in [-0.25, -0.2) is 4.98 Å². The van der Waals surface area contributed by atoms with Crippen molar-refractivity contribution in [3.05, 3.63) is 71.9 Å². The van der Waals surface area contributed by atoms with Crippen LogP contribution >= 0.6 is 11.9 Å². The van der Waals surface area contributed by atoms with E-state index in [1.807, 2.05) is 60.7 Å². The fourth-order valence-corrected chi connectivity index (χ4v) is 3.32. The van der Waals surface area contributed by atoms with Crippen molar-refractivity contribution in [2.45, 2.75) is 44.4 Å².